The molecule has 20 heavy (non-hydrogen) atoms. The summed E-state index contributed by atoms with van der Waals surface area (Å²) in [6.07, 6.45) is 1.09. The summed E-state index contributed by atoms with van der Waals surface area (Å²) in [4.78, 5) is 26.3. The standard InChI is InChI=1S/C14H11FN2O3/c1-8-10(15)3-2-4-11(8)17-13(18)12-6-5-9(7-16-12)14(19)20/h2-7H,1H3,(H,17,18)(H,19,20). The molecule has 102 valence electrons. The van der Waals surface area contributed by atoms with Crippen LogP contribution in [0.2, 0.25) is 0 Å². The zero-order valence-electron chi connectivity index (χ0n) is 10.6. The second-order valence-electron chi connectivity index (χ2n) is 4.10. The maximum Gasteiger partial charge on any atom is 0.337 e. The van der Waals surface area contributed by atoms with Crippen LogP contribution in [0.5, 0.6) is 0 Å². The summed E-state index contributed by atoms with van der Waals surface area (Å²) in [7, 11) is 0. The van der Waals surface area contributed by atoms with Crippen LogP contribution in [-0.2, 0) is 0 Å². The molecule has 0 aliphatic heterocycles. The molecule has 0 atom stereocenters. The molecule has 0 fully saturated rings. The third-order valence-electron chi connectivity index (χ3n) is 2.76. The molecule has 1 aromatic carbocycles. The minimum Gasteiger partial charge on any atom is -0.478 e. The van der Waals surface area contributed by atoms with Crippen molar-refractivity contribution in [1.29, 1.82) is 0 Å². The number of nitrogens with one attached hydrogen (secondary N) is 1. The minimum absolute atomic E-state index is 0.0107. The number of carboxylic acids is 1. The number of carbonyl (C=O) groups is 2. The first-order chi connectivity index (χ1) is 9.49. The highest BCUT2D eigenvalue weighted by atomic mass is 19.1. The second kappa shape index (κ2) is 5.48. The predicted octanol–water partition coefficient (Wildman–Crippen LogP) is 2.48. The Morgan fingerprint density at radius 3 is 2.60 bits per heavy atom. The van der Waals surface area contributed by atoms with E-state index in [1.54, 1.807) is 13.0 Å². The van der Waals surface area contributed by atoms with Crippen molar-refractivity contribution in [1.82, 2.24) is 4.98 Å². The maximum atomic E-state index is 13.3. The molecule has 1 amide bonds. The first-order valence-electron chi connectivity index (χ1n) is 5.75. The van der Waals surface area contributed by atoms with E-state index in [0.717, 1.165) is 6.20 Å². The number of anilines is 1. The Morgan fingerprint density at radius 2 is 2.00 bits per heavy atom. The van der Waals surface area contributed by atoms with Crippen molar-refractivity contribution in [2.24, 2.45) is 0 Å². The van der Waals surface area contributed by atoms with Crippen LogP contribution in [0.1, 0.15) is 26.4 Å². The number of pyridine rings is 1. The van der Waals surface area contributed by atoms with Gasteiger partial charge in [0.15, 0.2) is 0 Å². The monoisotopic (exact) mass is 274 g/mol. The summed E-state index contributed by atoms with van der Waals surface area (Å²) >= 11 is 0. The molecule has 5 nitrogen and oxygen atoms in total. The Bertz CT molecular complexity index is 669. The Hall–Kier alpha value is -2.76. The summed E-state index contributed by atoms with van der Waals surface area (Å²) < 4.78 is 13.3. The summed E-state index contributed by atoms with van der Waals surface area (Å²) in [6.45, 7) is 1.55. The highest BCUT2D eigenvalue weighted by Crippen LogP contribution is 2.18. The molecule has 1 heterocycles. The van der Waals surface area contributed by atoms with E-state index < -0.39 is 17.7 Å². The smallest absolute Gasteiger partial charge is 0.337 e. The summed E-state index contributed by atoms with van der Waals surface area (Å²) in [5.41, 5.74) is 0.712. The van der Waals surface area contributed by atoms with E-state index in [4.69, 9.17) is 5.11 Å². The van der Waals surface area contributed by atoms with E-state index in [1.165, 1.54) is 24.3 Å². The zero-order valence-corrected chi connectivity index (χ0v) is 10.6. The number of amides is 1. The van der Waals surface area contributed by atoms with E-state index in [1.807, 2.05) is 0 Å². The van der Waals surface area contributed by atoms with Crippen LogP contribution >= 0.6 is 0 Å². The van der Waals surface area contributed by atoms with Gasteiger partial charge in [-0.15, -0.1) is 0 Å². The van der Waals surface area contributed by atoms with Crippen LogP contribution in [0.4, 0.5) is 10.1 Å². The number of aromatic carboxylic acids is 1. The SMILES string of the molecule is Cc1c(F)cccc1NC(=O)c1ccc(C(=O)O)cn1. The molecule has 0 aliphatic carbocycles. The molecular weight excluding hydrogens is 263 g/mol. The van der Waals surface area contributed by atoms with Crippen molar-refractivity contribution >= 4 is 17.6 Å². The fourth-order valence-corrected chi connectivity index (χ4v) is 1.58. The topological polar surface area (TPSA) is 79.3 Å². The van der Waals surface area contributed by atoms with E-state index in [9.17, 15) is 14.0 Å². The minimum atomic E-state index is -1.12. The first kappa shape index (κ1) is 13.7. The number of halogens is 1. The summed E-state index contributed by atoms with van der Waals surface area (Å²) in [5, 5.41) is 11.3. The lowest BCUT2D eigenvalue weighted by atomic mass is 10.2. The predicted molar refractivity (Wildman–Crippen MR) is 70.3 cm³/mol. The fraction of sp³-hybridized carbons (Fsp3) is 0.0714. The molecule has 0 bridgehead atoms. The highest BCUT2D eigenvalue weighted by Gasteiger charge is 2.12. The number of carbonyl (C=O) groups excluding carboxylic acids is 1. The number of rotatable bonds is 3. The van der Waals surface area contributed by atoms with Crippen LogP contribution < -0.4 is 5.32 Å². The Kier molecular flexibility index (Phi) is 3.74. The van der Waals surface area contributed by atoms with Crippen molar-refractivity contribution in [2.45, 2.75) is 6.92 Å². The summed E-state index contributed by atoms with van der Waals surface area (Å²) in [5.74, 6) is -2.07. The normalized spacial score (nSPS) is 10.1. The van der Waals surface area contributed by atoms with Crippen molar-refractivity contribution in [3.05, 3.63) is 59.2 Å². The first-order valence-corrected chi connectivity index (χ1v) is 5.75. The van der Waals surface area contributed by atoms with Gasteiger partial charge in [0, 0.05) is 17.4 Å². The van der Waals surface area contributed by atoms with Crippen molar-refractivity contribution in [3.8, 4) is 0 Å². The van der Waals surface area contributed by atoms with Gasteiger partial charge >= 0.3 is 5.97 Å². The third kappa shape index (κ3) is 2.80. The van der Waals surface area contributed by atoms with Crippen LogP contribution in [0.3, 0.4) is 0 Å². The lowest BCUT2D eigenvalue weighted by Gasteiger charge is -2.08. The maximum absolute atomic E-state index is 13.3. The lowest BCUT2D eigenvalue weighted by Crippen LogP contribution is -2.15. The van der Waals surface area contributed by atoms with E-state index in [2.05, 4.69) is 10.3 Å². The number of hydrogen-bond acceptors (Lipinski definition) is 3. The number of hydrogen-bond donors (Lipinski definition) is 2. The van der Waals surface area contributed by atoms with Crippen LogP contribution in [-0.4, -0.2) is 22.0 Å². The van der Waals surface area contributed by atoms with Gasteiger partial charge in [-0.25, -0.2) is 9.18 Å². The number of carboxylic acid groups (broad SMARTS) is 1. The molecule has 2 rings (SSSR count). The fourth-order valence-electron chi connectivity index (χ4n) is 1.58. The average Bonchev–Trinajstić information content (AvgIpc) is 2.44. The molecule has 0 saturated heterocycles. The molecule has 6 heteroatoms. The van der Waals surface area contributed by atoms with Crippen molar-refractivity contribution in [2.75, 3.05) is 5.32 Å². The second-order valence-corrected chi connectivity index (χ2v) is 4.10. The van der Waals surface area contributed by atoms with E-state index in [0.29, 0.717) is 11.3 Å². The largest absolute Gasteiger partial charge is 0.478 e. The lowest BCUT2D eigenvalue weighted by molar-refractivity contribution is 0.0696. The molecule has 0 aliphatic rings. The van der Waals surface area contributed by atoms with Crippen LogP contribution in [0.15, 0.2) is 36.5 Å². The molecule has 0 unspecified atom stereocenters. The molecule has 0 radical (unpaired) electrons. The van der Waals surface area contributed by atoms with Gasteiger partial charge in [-0.3, -0.25) is 9.78 Å². The van der Waals surface area contributed by atoms with Gasteiger partial charge in [0.2, 0.25) is 0 Å². The zero-order chi connectivity index (χ0) is 14.7. The molecular formula is C14H11FN2O3. The average molecular weight is 274 g/mol. The molecule has 1 aromatic heterocycles. The molecule has 0 saturated carbocycles. The number of benzene rings is 1. The van der Waals surface area contributed by atoms with E-state index >= 15 is 0 Å². The van der Waals surface area contributed by atoms with E-state index in [-0.39, 0.29) is 11.3 Å². The van der Waals surface area contributed by atoms with Gasteiger partial charge in [0.1, 0.15) is 11.5 Å². The van der Waals surface area contributed by atoms with Gasteiger partial charge in [0.05, 0.1) is 5.56 Å². The van der Waals surface area contributed by atoms with Gasteiger partial charge in [-0.2, -0.15) is 0 Å². The summed E-state index contributed by atoms with van der Waals surface area (Å²) in [6, 6.07) is 6.93. The van der Waals surface area contributed by atoms with Gasteiger partial charge in [0.25, 0.3) is 5.91 Å². The number of nitrogens with zero attached hydrogens (tertiary/aromatic N) is 1. The van der Waals surface area contributed by atoms with Crippen LogP contribution in [0.25, 0.3) is 0 Å². The van der Waals surface area contributed by atoms with Crippen molar-refractivity contribution < 1.29 is 19.1 Å². The Morgan fingerprint density at radius 1 is 1.25 bits per heavy atom. The Labute approximate surface area is 114 Å². The van der Waals surface area contributed by atoms with Crippen molar-refractivity contribution in [3.63, 3.8) is 0 Å². The van der Waals surface area contributed by atoms with Gasteiger partial charge < -0.3 is 10.4 Å². The highest BCUT2D eigenvalue weighted by molar-refractivity contribution is 6.03. The third-order valence-corrected chi connectivity index (χ3v) is 2.76. The Balaban J connectivity index is 2.20. The molecule has 0 spiro atoms. The van der Waals surface area contributed by atoms with Crippen LogP contribution in [0, 0.1) is 12.7 Å². The van der Waals surface area contributed by atoms with Gasteiger partial charge in [-0.1, -0.05) is 6.07 Å². The molecule has 2 N–H and O–H groups in total. The number of aromatic nitrogens is 1. The molecule has 2 aromatic rings. The van der Waals surface area contributed by atoms with Gasteiger partial charge in [-0.05, 0) is 31.2 Å². The quantitative estimate of drug-likeness (QED) is 0.901.